The maximum atomic E-state index is 15.6. The normalized spacial score (nSPS) is 11.9. The van der Waals surface area contributed by atoms with Gasteiger partial charge in [0.1, 0.15) is 23.2 Å². The molecule has 1 N–H and O–H groups in total. The molecule has 0 aliphatic rings. The van der Waals surface area contributed by atoms with Gasteiger partial charge in [-0.1, -0.05) is 36.4 Å². The van der Waals surface area contributed by atoms with Gasteiger partial charge in [0.15, 0.2) is 11.4 Å². The van der Waals surface area contributed by atoms with Crippen LogP contribution in [-0.4, -0.2) is 39.5 Å². The summed E-state index contributed by atoms with van der Waals surface area (Å²) in [5.74, 6) is -0.698. The lowest BCUT2D eigenvalue weighted by atomic mass is 9.94. The molecule has 0 saturated carbocycles. The first-order valence-electron chi connectivity index (χ1n) is 12.3. The van der Waals surface area contributed by atoms with E-state index in [9.17, 15) is 13.2 Å². The molecule has 39 heavy (non-hydrogen) atoms. The van der Waals surface area contributed by atoms with Crippen LogP contribution in [0.5, 0.6) is 0 Å². The average Bonchev–Trinajstić information content (AvgIpc) is 3.53. The molecule has 3 aromatic carbocycles. The third kappa shape index (κ3) is 5.41. The largest absolute Gasteiger partial charge is 0.435 e. The number of aromatic nitrogens is 4. The van der Waals surface area contributed by atoms with Crippen LogP contribution >= 0.6 is 0 Å². The van der Waals surface area contributed by atoms with Crippen molar-refractivity contribution in [2.45, 2.75) is 19.6 Å². The SMILES string of the molecule is CCOCCNCc1cc(C(F)(F)F)c2oc(-c3c(F)ccc(-c4ccccc4)c3-c3nncn3C)nc2c1. The van der Waals surface area contributed by atoms with E-state index in [1.165, 1.54) is 18.5 Å². The highest BCUT2D eigenvalue weighted by molar-refractivity contribution is 5.92. The summed E-state index contributed by atoms with van der Waals surface area (Å²) in [5.41, 5.74) is 0.425. The van der Waals surface area contributed by atoms with E-state index in [1.807, 2.05) is 37.3 Å². The maximum Gasteiger partial charge on any atom is 0.420 e. The molecule has 0 aliphatic heterocycles. The Balaban J connectivity index is 1.69. The molecule has 0 radical (unpaired) electrons. The van der Waals surface area contributed by atoms with Crippen molar-refractivity contribution in [3.63, 3.8) is 0 Å². The first kappa shape index (κ1) is 26.5. The van der Waals surface area contributed by atoms with Crippen molar-refractivity contribution in [3.8, 4) is 34.0 Å². The van der Waals surface area contributed by atoms with Crippen molar-refractivity contribution in [3.05, 3.63) is 77.9 Å². The lowest BCUT2D eigenvalue weighted by Gasteiger charge is -2.14. The minimum atomic E-state index is -4.72. The topological polar surface area (TPSA) is 78.0 Å². The fourth-order valence-electron chi connectivity index (χ4n) is 4.42. The third-order valence-electron chi connectivity index (χ3n) is 6.20. The third-order valence-corrected chi connectivity index (χ3v) is 6.20. The Bertz CT molecular complexity index is 1600. The van der Waals surface area contributed by atoms with E-state index in [0.717, 1.165) is 11.6 Å². The molecule has 0 atom stereocenters. The second-order valence-electron chi connectivity index (χ2n) is 8.86. The molecule has 0 saturated heterocycles. The van der Waals surface area contributed by atoms with Crippen LogP contribution in [0.3, 0.4) is 0 Å². The molecule has 0 fully saturated rings. The molecule has 2 aromatic heterocycles. The molecule has 2 heterocycles. The average molecular weight is 540 g/mol. The first-order chi connectivity index (χ1) is 18.8. The molecule has 11 heteroatoms. The van der Waals surface area contributed by atoms with E-state index in [0.29, 0.717) is 42.3 Å². The van der Waals surface area contributed by atoms with Crippen molar-refractivity contribution >= 4 is 11.1 Å². The fourth-order valence-corrected chi connectivity index (χ4v) is 4.42. The zero-order valence-electron chi connectivity index (χ0n) is 21.2. The number of benzene rings is 3. The van der Waals surface area contributed by atoms with Crippen molar-refractivity contribution in [2.24, 2.45) is 7.05 Å². The van der Waals surface area contributed by atoms with Crippen LogP contribution in [0.1, 0.15) is 18.1 Å². The monoisotopic (exact) mass is 539 g/mol. The molecule has 0 aliphatic carbocycles. The molecule has 0 spiro atoms. The summed E-state index contributed by atoms with van der Waals surface area (Å²) in [6, 6.07) is 14.6. The van der Waals surface area contributed by atoms with E-state index < -0.39 is 23.1 Å². The standard InChI is InChI=1S/C28H25F4N5O2/c1-3-38-12-11-33-15-17-13-20(28(30,31)32)25-22(14-17)35-27(39-25)24-21(29)10-9-19(18-7-5-4-6-8-18)23(24)26-36-34-16-37(26)2/h4-10,13-14,16,33H,3,11-12,15H2,1-2H3. The first-order valence-corrected chi connectivity index (χ1v) is 12.3. The van der Waals surface area contributed by atoms with Gasteiger partial charge in [0.2, 0.25) is 5.89 Å². The van der Waals surface area contributed by atoms with Gasteiger partial charge in [-0.25, -0.2) is 9.37 Å². The zero-order chi connectivity index (χ0) is 27.6. The number of alkyl halides is 3. The van der Waals surface area contributed by atoms with Crippen LogP contribution < -0.4 is 5.32 Å². The Kier molecular flexibility index (Phi) is 7.45. The number of oxazole rings is 1. The van der Waals surface area contributed by atoms with Gasteiger partial charge in [-0.3, -0.25) is 0 Å². The molecule has 7 nitrogen and oxygen atoms in total. The Morgan fingerprint density at radius 1 is 1.05 bits per heavy atom. The van der Waals surface area contributed by atoms with Gasteiger partial charge in [-0.05, 0) is 41.8 Å². The summed E-state index contributed by atoms with van der Waals surface area (Å²) in [4.78, 5) is 4.35. The van der Waals surface area contributed by atoms with Crippen LogP contribution in [0.2, 0.25) is 0 Å². The molecule has 0 amide bonds. The van der Waals surface area contributed by atoms with Crippen LogP contribution in [0.25, 0.3) is 45.1 Å². The number of nitrogens with one attached hydrogen (secondary N) is 1. The number of hydrogen-bond acceptors (Lipinski definition) is 6. The number of fused-ring (bicyclic) bond motifs is 1. The van der Waals surface area contributed by atoms with Gasteiger partial charge >= 0.3 is 6.18 Å². The van der Waals surface area contributed by atoms with Crippen LogP contribution in [0.15, 0.2) is 65.3 Å². The van der Waals surface area contributed by atoms with Gasteiger partial charge in [-0.2, -0.15) is 13.2 Å². The summed E-state index contributed by atoms with van der Waals surface area (Å²) in [6.45, 7) is 3.47. The molecule has 5 rings (SSSR count). The van der Waals surface area contributed by atoms with Crippen molar-refractivity contribution in [1.29, 1.82) is 0 Å². The molecule has 202 valence electrons. The second kappa shape index (κ2) is 11.0. The van der Waals surface area contributed by atoms with E-state index >= 15 is 4.39 Å². The lowest BCUT2D eigenvalue weighted by molar-refractivity contribution is -0.136. The number of hydrogen-bond donors (Lipinski definition) is 1. The van der Waals surface area contributed by atoms with Crippen molar-refractivity contribution < 1.29 is 26.7 Å². The number of aryl methyl sites for hydroxylation is 1. The van der Waals surface area contributed by atoms with E-state index in [2.05, 4.69) is 20.5 Å². The minimum Gasteiger partial charge on any atom is -0.435 e. The summed E-state index contributed by atoms with van der Waals surface area (Å²) in [5, 5.41) is 11.1. The summed E-state index contributed by atoms with van der Waals surface area (Å²) < 4.78 is 70.4. The Morgan fingerprint density at radius 3 is 2.54 bits per heavy atom. The fraction of sp³-hybridized carbons (Fsp3) is 0.250. The summed E-state index contributed by atoms with van der Waals surface area (Å²) >= 11 is 0. The summed E-state index contributed by atoms with van der Waals surface area (Å²) in [7, 11) is 1.69. The molecular weight excluding hydrogens is 514 g/mol. The number of ether oxygens (including phenoxy) is 1. The highest BCUT2D eigenvalue weighted by Crippen LogP contribution is 2.43. The van der Waals surface area contributed by atoms with Crippen molar-refractivity contribution in [1.82, 2.24) is 25.1 Å². The predicted molar refractivity (Wildman–Crippen MR) is 138 cm³/mol. The van der Waals surface area contributed by atoms with Crippen LogP contribution in [0.4, 0.5) is 17.6 Å². The molecule has 5 aromatic rings. The minimum absolute atomic E-state index is 0.0325. The molecule has 0 unspecified atom stereocenters. The van der Waals surface area contributed by atoms with Crippen molar-refractivity contribution in [2.75, 3.05) is 19.8 Å². The number of rotatable bonds is 9. The van der Waals surface area contributed by atoms with E-state index in [4.69, 9.17) is 9.15 Å². The van der Waals surface area contributed by atoms with E-state index in [-0.39, 0.29) is 23.5 Å². The summed E-state index contributed by atoms with van der Waals surface area (Å²) in [6.07, 6.45) is -3.26. The van der Waals surface area contributed by atoms with Gasteiger partial charge in [0, 0.05) is 32.3 Å². The maximum absolute atomic E-state index is 15.6. The van der Waals surface area contributed by atoms with E-state index in [1.54, 1.807) is 17.7 Å². The Hall–Kier alpha value is -4.09. The highest BCUT2D eigenvalue weighted by atomic mass is 19.4. The second-order valence-corrected chi connectivity index (χ2v) is 8.86. The molecular formula is C28H25F4N5O2. The highest BCUT2D eigenvalue weighted by Gasteiger charge is 2.36. The molecule has 0 bridgehead atoms. The quantitative estimate of drug-likeness (QED) is 0.177. The zero-order valence-corrected chi connectivity index (χ0v) is 21.2. The van der Waals surface area contributed by atoms with Gasteiger partial charge in [0.05, 0.1) is 12.2 Å². The predicted octanol–water partition coefficient (Wildman–Crippen LogP) is 6.24. The number of nitrogens with zero attached hydrogens (tertiary/aromatic N) is 4. The smallest absolute Gasteiger partial charge is 0.420 e. The van der Waals surface area contributed by atoms with Gasteiger partial charge in [0.25, 0.3) is 0 Å². The van der Waals surface area contributed by atoms with Crippen LogP contribution in [-0.2, 0) is 24.5 Å². The lowest BCUT2D eigenvalue weighted by Crippen LogP contribution is -2.19. The Morgan fingerprint density at radius 2 is 1.85 bits per heavy atom. The number of halogens is 4. The van der Waals surface area contributed by atoms with Crippen LogP contribution in [0, 0.1) is 5.82 Å². The Labute approximate surface area is 221 Å². The van der Waals surface area contributed by atoms with Gasteiger partial charge < -0.3 is 19.0 Å². The van der Waals surface area contributed by atoms with Gasteiger partial charge in [-0.15, -0.1) is 10.2 Å².